The van der Waals surface area contributed by atoms with Gasteiger partial charge in [0.25, 0.3) is 0 Å². The van der Waals surface area contributed by atoms with Gasteiger partial charge in [0.15, 0.2) is 0 Å². The molecule has 3 aromatic rings. The van der Waals surface area contributed by atoms with E-state index in [9.17, 15) is 0 Å². The summed E-state index contributed by atoms with van der Waals surface area (Å²) in [5.74, 6) is 0. The highest BCUT2D eigenvalue weighted by atomic mass is 32.1. The van der Waals surface area contributed by atoms with Crippen molar-refractivity contribution in [3.05, 3.63) is 64.0 Å². The zero-order valence-electron chi connectivity index (χ0n) is 10.1. The van der Waals surface area contributed by atoms with Gasteiger partial charge in [-0.25, -0.2) is 0 Å². The van der Waals surface area contributed by atoms with E-state index in [2.05, 4.69) is 41.6 Å². The molecule has 0 saturated heterocycles. The molecule has 0 fully saturated rings. The average molecular weight is 254 g/mol. The number of aromatic nitrogens is 1. The van der Waals surface area contributed by atoms with Gasteiger partial charge >= 0.3 is 0 Å². The van der Waals surface area contributed by atoms with Crippen LogP contribution in [0.5, 0.6) is 0 Å². The molecule has 1 aromatic carbocycles. The van der Waals surface area contributed by atoms with Crippen LogP contribution >= 0.6 is 11.3 Å². The number of benzene rings is 1. The normalized spacial score (nSPS) is 12.8. The first kappa shape index (κ1) is 11.4. The standard InChI is InChI=1S/C15H14N2S/c1-10-7-9-18-15(10)13(16)12-6-2-4-11-5-3-8-17-14(11)12/h2-9,13H,16H2,1H3. The van der Waals surface area contributed by atoms with Crippen molar-refractivity contribution in [2.45, 2.75) is 13.0 Å². The minimum atomic E-state index is -0.0939. The summed E-state index contributed by atoms with van der Waals surface area (Å²) in [5, 5.41) is 3.22. The molecule has 2 N–H and O–H groups in total. The number of hydrogen-bond donors (Lipinski definition) is 1. The Balaban J connectivity index is 2.18. The molecule has 3 rings (SSSR count). The van der Waals surface area contributed by atoms with E-state index in [1.54, 1.807) is 11.3 Å². The van der Waals surface area contributed by atoms with Crippen LogP contribution < -0.4 is 5.73 Å². The molecule has 3 heteroatoms. The number of nitrogens with zero attached hydrogens (tertiary/aromatic N) is 1. The third kappa shape index (κ3) is 1.82. The smallest absolute Gasteiger partial charge is 0.0753 e. The number of hydrogen-bond acceptors (Lipinski definition) is 3. The van der Waals surface area contributed by atoms with E-state index < -0.39 is 0 Å². The number of aryl methyl sites for hydroxylation is 1. The highest BCUT2D eigenvalue weighted by molar-refractivity contribution is 7.10. The second-order valence-electron chi connectivity index (χ2n) is 4.37. The lowest BCUT2D eigenvalue weighted by Crippen LogP contribution is -2.12. The molecule has 1 atom stereocenters. The molecule has 2 aromatic heterocycles. The molecule has 0 amide bonds. The van der Waals surface area contributed by atoms with Crippen LogP contribution in [0, 0.1) is 6.92 Å². The monoisotopic (exact) mass is 254 g/mol. The van der Waals surface area contributed by atoms with Crippen molar-refractivity contribution in [3.63, 3.8) is 0 Å². The highest BCUT2D eigenvalue weighted by Crippen LogP contribution is 2.30. The Morgan fingerprint density at radius 2 is 2.00 bits per heavy atom. The van der Waals surface area contributed by atoms with Crippen molar-refractivity contribution in [1.29, 1.82) is 0 Å². The van der Waals surface area contributed by atoms with Gasteiger partial charge in [0, 0.05) is 22.0 Å². The van der Waals surface area contributed by atoms with Gasteiger partial charge in [0.1, 0.15) is 0 Å². The number of rotatable bonds is 2. The third-order valence-electron chi connectivity index (χ3n) is 3.18. The lowest BCUT2D eigenvalue weighted by Gasteiger charge is -2.13. The largest absolute Gasteiger partial charge is 0.320 e. The summed E-state index contributed by atoms with van der Waals surface area (Å²) in [6.07, 6.45) is 1.82. The van der Waals surface area contributed by atoms with Crippen LogP contribution in [0.15, 0.2) is 48.0 Å². The minimum absolute atomic E-state index is 0.0939. The van der Waals surface area contributed by atoms with Crippen LogP contribution in [0.4, 0.5) is 0 Å². The summed E-state index contributed by atoms with van der Waals surface area (Å²) in [6, 6.07) is 12.2. The van der Waals surface area contributed by atoms with Gasteiger partial charge in [-0.05, 0) is 30.0 Å². The maximum Gasteiger partial charge on any atom is 0.0753 e. The number of nitrogens with two attached hydrogens (primary N) is 1. The summed E-state index contributed by atoms with van der Waals surface area (Å²) < 4.78 is 0. The molecule has 0 bridgehead atoms. The first-order valence-electron chi connectivity index (χ1n) is 5.90. The van der Waals surface area contributed by atoms with Gasteiger partial charge < -0.3 is 5.73 Å². The van der Waals surface area contributed by atoms with Crippen LogP contribution in [0.3, 0.4) is 0 Å². The molecule has 0 aliphatic rings. The van der Waals surface area contributed by atoms with Crippen molar-refractivity contribution >= 4 is 22.2 Å². The number of para-hydroxylation sites is 1. The lowest BCUT2D eigenvalue weighted by molar-refractivity contribution is 0.891. The topological polar surface area (TPSA) is 38.9 Å². The first-order chi connectivity index (χ1) is 8.77. The van der Waals surface area contributed by atoms with Crippen LogP contribution in [0.1, 0.15) is 22.0 Å². The number of pyridine rings is 1. The molecule has 0 spiro atoms. The van der Waals surface area contributed by atoms with Gasteiger partial charge in [0.2, 0.25) is 0 Å². The SMILES string of the molecule is Cc1ccsc1C(N)c1cccc2cccnc12. The predicted molar refractivity (Wildman–Crippen MR) is 76.8 cm³/mol. The van der Waals surface area contributed by atoms with E-state index in [0.29, 0.717) is 0 Å². The van der Waals surface area contributed by atoms with Gasteiger partial charge in [0.05, 0.1) is 11.6 Å². The maximum absolute atomic E-state index is 6.40. The predicted octanol–water partition coefficient (Wildman–Crippen LogP) is 3.65. The Labute approximate surface area is 110 Å². The van der Waals surface area contributed by atoms with E-state index in [4.69, 9.17) is 5.73 Å². The zero-order chi connectivity index (χ0) is 12.5. The average Bonchev–Trinajstić information content (AvgIpc) is 2.83. The lowest BCUT2D eigenvalue weighted by atomic mass is 10.0. The first-order valence-corrected chi connectivity index (χ1v) is 6.78. The Kier molecular flexibility index (Phi) is 2.86. The van der Waals surface area contributed by atoms with E-state index in [-0.39, 0.29) is 6.04 Å². The van der Waals surface area contributed by atoms with E-state index in [1.165, 1.54) is 10.4 Å². The van der Waals surface area contributed by atoms with Crippen molar-refractivity contribution in [3.8, 4) is 0 Å². The van der Waals surface area contributed by atoms with E-state index in [1.807, 2.05) is 18.3 Å². The molecule has 0 radical (unpaired) electrons. The van der Waals surface area contributed by atoms with Crippen molar-refractivity contribution in [2.75, 3.05) is 0 Å². The van der Waals surface area contributed by atoms with Crippen molar-refractivity contribution in [2.24, 2.45) is 5.73 Å². The Morgan fingerprint density at radius 1 is 1.17 bits per heavy atom. The van der Waals surface area contributed by atoms with Crippen LogP contribution in [-0.4, -0.2) is 4.98 Å². The highest BCUT2D eigenvalue weighted by Gasteiger charge is 2.15. The second kappa shape index (κ2) is 4.52. The minimum Gasteiger partial charge on any atom is -0.320 e. The van der Waals surface area contributed by atoms with E-state index >= 15 is 0 Å². The molecular formula is C15H14N2S. The Morgan fingerprint density at radius 3 is 2.78 bits per heavy atom. The number of fused-ring (bicyclic) bond motifs is 1. The maximum atomic E-state index is 6.40. The molecule has 1 unspecified atom stereocenters. The van der Waals surface area contributed by atoms with Crippen molar-refractivity contribution < 1.29 is 0 Å². The van der Waals surface area contributed by atoms with Gasteiger partial charge in [-0.2, -0.15) is 0 Å². The van der Waals surface area contributed by atoms with E-state index in [0.717, 1.165) is 16.5 Å². The Bertz CT molecular complexity index is 682. The van der Waals surface area contributed by atoms with Crippen LogP contribution in [0.2, 0.25) is 0 Å². The summed E-state index contributed by atoms with van der Waals surface area (Å²) in [7, 11) is 0. The third-order valence-corrected chi connectivity index (χ3v) is 4.29. The fourth-order valence-corrected chi connectivity index (χ4v) is 3.17. The molecule has 90 valence electrons. The summed E-state index contributed by atoms with van der Waals surface area (Å²) in [5.41, 5.74) is 9.74. The molecule has 2 heterocycles. The molecule has 0 saturated carbocycles. The molecule has 18 heavy (non-hydrogen) atoms. The summed E-state index contributed by atoms with van der Waals surface area (Å²) in [6.45, 7) is 2.10. The zero-order valence-corrected chi connectivity index (χ0v) is 10.9. The quantitative estimate of drug-likeness (QED) is 0.758. The molecule has 2 nitrogen and oxygen atoms in total. The molecule has 0 aliphatic carbocycles. The van der Waals surface area contributed by atoms with Crippen LogP contribution in [-0.2, 0) is 0 Å². The van der Waals surface area contributed by atoms with Gasteiger partial charge in [-0.1, -0.05) is 24.3 Å². The fraction of sp³-hybridized carbons (Fsp3) is 0.133. The van der Waals surface area contributed by atoms with Gasteiger partial charge in [-0.3, -0.25) is 4.98 Å². The Hall–Kier alpha value is -1.71. The number of thiophene rings is 1. The van der Waals surface area contributed by atoms with Crippen LogP contribution in [0.25, 0.3) is 10.9 Å². The second-order valence-corrected chi connectivity index (χ2v) is 5.32. The fourth-order valence-electron chi connectivity index (χ4n) is 2.22. The molecule has 0 aliphatic heterocycles. The van der Waals surface area contributed by atoms with Gasteiger partial charge in [-0.15, -0.1) is 11.3 Å². The van der Waals surface area contributed by atoms with Crippen molar-refractivity contribution in [1.82, 2.24) is 4.98 Å². The summed E-state index contributed by atoms with van der Waals surface area (Å²) >= 11 is 1.71. The summed E-state index contributed by atoms with van der Waals surface area (Å²) in [4.78, 5) is 5.68. The molecular weight excluding hydrogens is 240 g/mol.